The monoisotopic (exact) mass is 328 g/mol. The zero-order valence-corrected chi connectivity index (χ0v) is 14.0. The van der Waals surface area contributed by atoms with Crippen molar-refractivity contribution in [3.05, 3.63) is 30.1 Å². The average molecular weight is 328 g/mol. The second-order valence-electron chi connectivity index (χ2n) is 6.41. The molecule has 1 aromatic heterocycles. The number of amides is 2. The van der Waals surface area contributed by atoms with Crippen molar-refractivity contribution in [2.24, 2.45) is 5.92 Å². The number of hydrazine groups is 1. The van der Waals surface area contributed by atoms with E-state index in [0.29, 0.717) is 12.3 Å². The summed E-state index contributed by atoms with van der Waals surface area (Å²) in [6.45, 7) is 2.16. The van der Waals surface area contributed by atoms with Crippen LogP contribution in [0.2, 0.25) is 0 Å². The summed E-state index contributed by atoms with van der Waals surface area (Å²) in [6.07, 6.45) is 5.88. The molecule has 24 heavy (non-hydrogen) atoms. The van der Waals surface area contributed by atoms with Crippen molar-refractivity contribution >= 4 is 22.8 Å². The van der Waals surface area contributed by atoms with Crippen LogP contribution in [-0.2, 0) is 22.6 Å². The molecule has 0 saturated heterocycles. The van der Waals surface area contributed by atoms with Gasteiger partial charge >= 0.3 is 0 Å². The van der Waals surface area contributed by atoms with E-state index >= 15 is 0 Å². The lowest BCUT2D eigenvalue weighted by molar-refractivity contribution is -0.129. The first kappa shape index (κ1) is 16.5. The molecule has 0 radical (unpaired) electrons. The highest BCUT2D eigenvalue weighted by molar-refractivity contribution is 5.84. The molecule has 6 nitrogen and oxygen atoms in total. The number of aryl methyl sites for hydroxylation is 1. The lowest BCUT2D eigenvalue weighted by Crippen LogP contribution is -2.43. The number of aromatic nitrogens is 2. The van der Waals surface area contributed by atoms with E-state index < -0.39 is 0 Å². The Labute approximate surface area is 141 Å². The highest BCUT2D eigenvalue weighted by Gasteiger charge is 2.19. The molecule has 2 amide bonds. The van der Waals surface area contributed by atoms with E-state index in [2.05, 4.69) is 15.8 Å². The molecule has 1 aliphatic rings. The molecular formula is C18H24N4O2. The number of para-hydroxylation sites is 2. The van der Waals surface area contributed by atoms with Crippen LogP contribution in [0.3, 0.4) is 0 Å². The molecule has 6 heteroatoms. The number of rotatable bonds is 5. The average Bonchev–Trinajstić information content (AvgIpc) is 3.21. The van der Waals surface area contributed by atoms with E-state index in [1.165, 1.54) is 12.8 Å². The minimum Gasteiger partial charge on any atom is -0.318 e. The highest BCUT2D eigenvalue weighted by Crippen LogP contribution is 2.27. The Morgan fingerprint density at radius 3 is 2.62 bits per heavy atom. The van der Waals surface area contributed by atoms with E-state index in [1.54, 1.807) is 0 Å². The number of carbonyl (C=O) groups excluding carboxylic acids is 2. The van der Waals surface area contributed by atoms with Crippen molar-refractivity contribution in [1.29, 1.82) is 0 Å². The van der Waals surface area contributed by atoms with Crippen molar-refractivity contribution in [2.45, 2.75) is 52.0 Å². The second-order valence-corrected chi connectivity index (χ2v) is 6.41. The Hall–Kier alpha value is -2.37. The van der Waals surface area contributed by atoms with Crippen LogP contribution in [0.4, 0.5) is 0 Å². The van der Waals surface area contributed by atoms with Crippen molar-refractivity contribution in [1.82, 2.24) is 20.4 Å². The fourth-order valence-corrected chi connectivity index (χ4v) is 3.42. The maximum absolute atomic E-state index is 12.2. The molecule has 0 bridgehead atoms. The Balaban J connectivity index is 1.57. The quantitative estimate of drug-likeness (QED) is 0.827. The molecule has 0 aliphatic heterocycles. The van der Waals surface area contributed by atoms with Crippen LogP contribution in [0.1, 0.15) is 44.9 Å². The molecule has 1 saturated carbocycles. The third-order valence-electron chi connectivity index (χ3n) is 4.64. The summed E-state index contributed by atoms with van der Waals surface area (Å²) in [7, 11) is 0. The van der Waals surface area contributed by atoms with Gasteiger partial charge in [-0.15, -0.1) is 0 Å². The molecule has 1 fully saturated rings. The first-order chi connectivity index (χ1) is 11.7. The molecule has 1 aliphatic carbocycles. The number of carbonyl (C=O) groups is 2. The molecule has 2 aromatic rings. The number of hydrogen-bond donors (Lipinski definition) is 2. The summed E-state index contributed by atoms with van der Waals surface area (Å²) in [5, 5.41) is 0. The summed E-state index contributed by atoms with van der Waals surface area (Å²) in [5.74, 6) is 0.976. The van der Waals surface area contributed by atoms with Gasteiger partial charge in [0.25, 0.3) is 5.91 Å². The summed E-state index contributed by atoms with van der Waals surface area (Å²) in [4.78, 5) is 28.6. The van der Waals surface area contributed by atoms with E-state index in [4.69, 9.17) is 0 Å². The molecule has 0 spiro atoms. The molecule has 2 N–H and O–H groups in total. The van der Waals surface area contributed by atoms with E-state index in [1.807, 2.05) is 35.8 Å². The molecule has 3 rings (SSSR count). The summed E-state index contributed by atoms with van der Waals surface area (Å²) < 4.78 is 1.90. The summed E-state index contributed by atoms with van der Waals surface area (Å²) in [6, 6.07) is 7.75. The van der Waals surface area contributed by atoms with Crippen LogP contribution in [0.5, 0.6) is 0 Å². The van der Waals surface area contributed by atoms with Crippen LogP contribution in [0.15, 0.2) is 24.3 Å². The van der Waals surface area contributed by atoms with Crippen molar-refractivity contribution in [3.63, 3.8) is 0 Å². The summed E-state index contributed by atoms with van der Waals surface area (Å²) in [5.41, 5.74) is 6.87. The van der Waals surface area contributed by atoms with Crippen LogP contribution in [0.25, 0.3) is 11.0 Å². The van der Waals surface area contributed by atoms with E-state index in [9.17, 15) is 9.59 Å². The number of fused-ring (bicyclic) bond motifs is 1. The van der Waals surface area contributed by atoms with Gasteiger partial charge in [0.05, 0.1) is 11.0 Å². The molecule has 128 valence electrons. The van der Waals surface area contributed by atoms with Gasteiger partial charge in [-0.2, -0.15) is 0 Å². The minimum absolute atomic E-state index is 0.110. The fraction of sp³-hybridized carbons (Fsp3) is 0.500. The van der Waals surface area contributed by atoms with Gasteiger partial charge in [-0.1, -0.05) is 31.9 Å². The SMILES string of the molecule is CCc1nc2ccccc2n1CC(=O)NNC(=O)CC1CCCC1. The molecular weight excluding hydrogens is 304 g/mol. The lowest BCUT2D eigenvalue weighted by Gasteiger charge is -2.12. The number of imidazole rings is 1. The molecule has 1 aromatic carbocycles. The Morgan fingerprint density at radius 2 is 1.88 bits per heavy atom. The predicted molar refractivity (Wildman–Crippen MR) is 92.0 cm³/mol. The standard InChI is InChI=1S/C18H24N4O2/c1-2-16-19-14-9-5-6-10-15(14)22(16)12-18(24)21-20-17(23)11-13-7-3-4-8-13/h5-6,9-10,13H,2-4,7-8,11-12H2,1H3,(H,20,23)(H,21,24). The van der Waals surface area contributed by atoms with E-state index in [0.717, 1.165) is 36.1 Å². The third-order valence-corrected chi connectivity index (χ3v) is 4.64. The number of nitrogens with one attached hydrogen (secondary N) is 2. The Kier molecular flexibility index (Phi) is 5.13. The van der Waals surface area contributed by atoms with Gasteiger partial charge in [-0.05, 0) is 30.9 Å². The first-order valence-electron chi connectivity index (χ1n) is 8.69. The number of benzene rings is 1. The van der Waals surface area contributed by atoms with Crippen LogP contribution >= 0.6 is 0 Å². The van der Waals surface area contributed by atoms with Crippen LogP contribution in [0, 0.1) is 5.92 Å². The van der Waals surface area contributed by atoms with Gasteiger partial charge in [-0.25, -0.2) is 4.98 Å². The van der Waals surface area contributed by atoms with Crippen molar-refractivity contribution in [2.75, 3.05) is 0 Å². The molecule has 1 heterocycles. The largest absolute Gasteiger partial charge is 0.318 e. The van der Waals surface area contributed by atoms with Gasteiger partial charge in [0.1, 0.15) is 12.4 Å². The van der Waals surface area contributed by atoms with Gasteiger partial charge in [0.15, 0.2) is 0 Å². The van der Waals surface area contributed by atoms with Gasteiger partial charge < -0.3 is 4.57 Å². The van der Waals surface area contributed by atoms with Crippen LogP contribution < -0.4 is 10.9 Å². The Bertz CT molecular complexity index is 732. The number of hydrogen-bond acceptors (Lipinski definition) is 3. The maximum Gasteiger partial charge on any atom is 0.258 e. The minimum atomic E-state index is -0.243. The maximum atomic E-state index is 12.2. The van der Waals surface area contributed by atoms with Gasteiger partial charge in [0, 0.05) is 12.8 Å². The lowest BCUT2D eigenvalue weighted by atomic mass is 10.0. The fourth-order valence-electron chi connectivity index (χ4n) is 3.42. The van der Waals surface area contributed by atoms with Gasteiger partial charge in [-0.3, -0.25) is 20.4 Å². The van der Waals surface area contributed by atoms with Crippen LogP contribution in [-0.4, -0.2) is 21.4 Å². The van der Waals surface area contributed by atoms with E-state index in [-0.39, 0.29) is 18.4 Å². The summed E-state index contributed by atoms with van der Waals surface area (Å²) >= 11 is 0. The normalized spacial score (nSPS) is 14.9. The zero-order valence-electron chi connectivity index (χ0n) is 14.0. The first-order valence-corrected chi connectivity index (χ1v) is 8.69. The topological polar surface area (TPSA) is 76.0 Å². The smallest absolute Gasteiger partial charge is 0.258 e. The van der Waals surface area contributed by atoms with Crippen molar-refractivity contribution in [3.8, 4) is 0 Å². The number of nitrogens with zero attached hydrogens (tertiary/aromatic N) is 2. The molecule has 0 unspecified atom stereocenters. The predicted octanol–water partition coefficient (Wildman–Crippen LogP) is 2.33. The van der Waals surface area contributed by atoms with Gasteiger partial charge in [0.2, 0.25) is 5.91 Å². The Morgan fingerprint density at radius 1 is 1.17 bits per heavy atom. The molecule has 0 atom stereocenters. The highest BCUT2D eigenvalue weighted by atomic mass is 16.2. The zero-order chi connectivity index (χ0) is 16.9. The second kappa shape index (κ2) is 7.47. The third kappa shape index (κ3) is 3.75. The van der Waals surface area contributed by atoms with Crippen molar-refractivity contribution < 1.29 is 9.59 Å².